The Morgan fingerprint density at radius 1 is 1.21 bits per heavy atom. The summed E-state index contributed by atoms with van der Waals surface area (Å²) in [5.74, 6) is 1.90. The first-order chi connectivity index (χ1) is 9.13. The number of nitrogens with zero attached hydrogens (tertiary/aromatic N) is 2. The molecule has 1 unspecified atom stereocenters. The first-order valence-corrected chi connectivity index (χ1v) is 7.35. The Kier molecular flexibility index (Phi) is 4.75. The number of hydrogen-bond acceptors (Lipinski definition) is 4. The van der Waals surface area contributed by atoms with Crippen LogP contribution in [0, 0.1) is 19.8 Å². The largest absolute Gasteiger partial charge is 0.383 e. The maximum absolute atomic E-state index is 5.98. The Labute approximate surface area is 115 Å². The van der Waals surface area contributed by atoms with Crippen molar-refractivity contribution in [2.24, 2.45) is 5.92 Å². The summed E-state index contributed by atoms with van der Waals surface area (Å²) in [7, 11) is 0. The Morgan fingerprint density at radius 3 is 2.47 bits per heavy atom. The molecule has 1 aliphatic carbocycles. The molecule has 2 rings (SSSR count). The van der Waals surface area contributed by atoms with E-state index in [0.717, 1.165) is 17.1 Å². The van der Waals surface area contributed by atoms with Crippen molar-refractivity contribution in [3.8, 4) is 0 Å². The van der Waals surface area contributed by atoms with Crippen molar-refractivity contribution in [2.75, 3.05) is 12.3 Å². The van der Waals surface area contributed by atoms with Gasteiger partial charge in [-0.2, -0.15) is 0 Å². The Morgan fingerprint density at radius 2 is 1.89 bits per heavy atom. The van der Waals surface area contributed by atoms with E-state index in [2.05, 4.69) is 9.97 Å². The minimum Gasteiger partial charge on any atom is -0.383 e. The van der Waals surface area contributed by atoms with Crippen molar-refractivity contribution in [3.05, 3.63) is 17.1 Å². The van der Waals surface area contributed by atoms with Crippen molar-refractivity contribution >= 4 is 5.82 Å². The molecule has 0 radical (unpaired) electrons. The molecule has 4 nitrogen and oxygen atoms in total. The second-order valence-corrected chi connectivity index (χ2v) is 5.45. The first-order valence-electron chi connectivity index (χ1n) is 7.35. The van der Waals surface area contributed by atoms with Gasteiger partial charge in [-0.15, -0.1) is 0 Å². The second-order valence-electron chi connectivity index (χ2n) is 5.45. The fourth-order valence-corrected chi connectivity index (χ4v) is 2.84. The number of rotatable bonds is 4. The number of nitrogen functional groups attached to an aromatic ring is 1. The molecule has 1 fully saturated rings. The molecule has 19 heavy (non-hydrogen) atoms. The fraction of sp³-hybridized carbons (Fsp3) is 0.733. The van der Waals surface area contributed by atoms with Crippen LogP contribution in [0.3, 0.4) is 0 Å². The average molecular weight is 263 g/mol. The molecule has 1 aromatic heterocycles. The fourth-order valence-electron chi connectivity index (χ4n) is 2.84. The lowest BCUT2D eigenvalue weighted by molar-refractivity contribution is -0.000205. The van der Waals surface area contributed by atoms with Crippen LogP contribution >= 0.6 is 0 Å². The summed E-state index contributed by atoms with van der Waals surface area (Å²) in [5.41, 5.74) is 7.91. The highest BCUT2D eigenvalue weighted by molar-refractivity contribution is 5.40. The van der Waals surface area contributed by atoms with E-state index in [1.165, 1.54) is 32.1 Å². The van der Waals surface area contributed by atoms with Crippen LogP contribution in [-0.4, -0.2) is 16.6 Å². The summed E-state index contributed by atoms with van der Waals surface area (Å²) in [6.45, 7) is 6.67. The van der Waals surface area contributed by atoms with Gasteiger partial charge < -0.3 is 10.5 Å². The average Bonchev–Trinajstić information content (AvgIpc) is 2.42. The third kappa shape index (κ3) is 3.24. The Hall–Kier alpha value is -1.16. The summed E-state index contributed by atoms with van der Waals surface area (Å²) in [4.78, 5) is 9.08. The number of ether oxygens (including phenoxy) is 1. The summed E-state index contributed by atoms with van der Waals surface area (Å²) < 4.78 is 5.94. The van der Waals surface area contributed by atoms with E-state index >= 15 is 0 Å². The molecule has 2 N–H and O–H groups in total. The lowest BCUT2D eigenvalue weighted by Gasteiger charge is -2.29. The molecule has 0 spiro atoms. The van der Waals surface area contributed by atoms with Gasteiger partial charge in [0.1, 0.15) is 11.9 Å². The van der Waals surface area contributed by atoms with E-state index in [0.29, 0.717) is 18.3 Å². The van der Waals surface area contributed by atoms with Crippen LogP contribution in [0.2, 0.25) is 0 Å². The summed E-state index contributed by atoms with van der Waals surface area (Å²) >= 11 is 0. The normalized spacial score (nSPS) is 18.5. The van der Waals surface area contributed by atoms with Crippen LogP contribution in [-0.2, 0) is 4.74 Å². The van der Waals surface area contributed by atoms with Crippen LogP contribution in [0.25, 0.3) is 0 Å². The van der Waals surface area contributed by atoms with E-state index in [1.54, 1.807) is 0 Å². The van der Waals surface area contributed by atoms with Crippen molar-refractivity contribution in [2.45, 2.75) is 59.0 Å². The highest BCUT2D eigenvalue weighted by Crippen LogP contribution is 2.36. The number of hydrogen-bond donors (Lipinski definition) is 1. The van der Waals surface area contributed by atoms with Gasteiger partial charge in [-0.1, -0.05) is 19.3 Å². The lowest BCUT2D eigenvalue weighted by Crippen LogP contribution is -2.22. The standard InChI is InChI=1S/C15H25N3O/c1-4-19-13(12-8-6-5-7-9-12)15-17-11(3)10(2)14(16)18-15/h12-13H,4-9H2,1-3H3,(H2,16,17,18). The van der Waals surface area contributed by atoms with E-state index in [1.807, 2.05) is 20.8 Å². The summed E-state index contributed by atoms with van der Waals surface area (Å²) in [6.07, 6.45) is 6.34. The molecular formula is C15H25N3O. The maximum Gasteiger partial charge on any atom is 0.160 e. The van der Waals surface area contributed by atoms with E-state index in [4.69, 9.17) is 10.5 Å². The summed E-state index contributed by atoms with van der Waals surface area (Å²) in [5, 5.41) is 0. The van der Waals surface area contributed by atoms with Crippen LogP contribution in [0.5, 0.6) is 0 Å². The maximum atomic E-state index is 5.98. The second kappa shape index (κ2) is 6.33. The molecule has 106 valence electrons. The van der Waals surface area contributed by atoms with Crippen molar-refractivity contribution in [1.29, 1.82) is 0 Å². The van der Waals surface area contributed by atoms with Gasteiger partial charge in [0.2, 0.25) is 0 Å². The number of aromatic nitrogens is 2. The molecule has 1 aliphatic rings. The molecule has 0 bridgehead atoms. The molecular weight excluding hydrogens is 238 g/mol. The molecule has 1 aromatic rings. The van der Waals surface area contributed by atoms with Crippen LogP contribution in [0.4, 0.5) is 5.82 Å². The highest BCUT2D eigenvalue weighted by atomic mass is 16.5. The third-order valence-electron chi connectivity index (χ3n) is 4.12. The van der Waals surface area contributed by atoms with Crippen LogP contribution in [0.1, 0.15) is 62.2 Å². The molecule has 0 amide bonds. The minimum atomic E-state index is 0.00639. The predicted octanol–water partition coefficient (Wildman–Crippen LogP) is 3.33. The molecule has 0 aliphatic heterocycles. The first kappa shape index (κ1) is 14.3. The number of nitrogens with two attached hydrogens (primary N) is 1. The van der Waals surface area contributed by atoms with Gasteiger partial charge in [-0.25, -0.2) is 9.97 Å². The molecule has 1 atom stereocenters. The third-order valence-corrected chi connectivity index (χ3v) is 4.12. The van der Waals surface area contributed by atoms with Crippen LogP contribution in [0.15, 0.2) is 0 Å². The highest BCUT2D eigenvalue weighted by Gasteiger charge is 2.28. The number of aryl methyl sites for hydroxylation is 1. The van der Waals surface area contributed by atoms with Crippen molar-refractivity contribution in [3.63, 3.8) is 0 Å². The van der Waals surface area contributed by atoms with Gasteiger partial charge in [-0.05, 0) is 39.5 Å². The van der Waals surface area contributed by atoms with Gasteiger partial charge in [0, 0.05) is 17.9 Å². The molecule has 4 heteroatoms. The van der Waals surface area contributed by atoms with E-state index in [-0.39, 0.29) is 6.10 Å². The SMILES string of the molecule is CCOC(c1nc(C)c(C)c(N)n1)C1CCCCC1. The van der Waals surface area contributed by atoms with Gasteiger partial charge in [0.15, 0.2) is 5.82 Å². The molecule has 1 saturated carbocycles. The Bertz CT molecular complexity index is 404. The molecule has 1 heterocycles. The topological polar surface area (TPSA) is 61.0 Å². The minimum absolute atomic E-state index is 0.00639. The van der Waals surface area contributed by atoms with E-state index < -0.39 is 0 Å². The lowest BCUT2D eigenvalue weighted by atomic mass is 9.85. The van der Waals surface area contributed by atoms with E-state index in [9.17, 15) is 0 Å². The molecule has 0 saturated heterocycles. The van der Waals surface area contributed by atoms with Gasteiger partial charge in [0.25, 0.3) is 0 Å². The zero-order valence-electron chi connectivity index (χ0n) is 12.3. The zero-order chi connectivity index (χ0) is 13.8. The predicted molar refractivity (Wildman–Crippen MR) is 76.9 cm³/mol. The van der Waals surface area contributed by atoms with Crippen LogP contribution < -0.4 is 5.73 Å². The van der Waals surface area contributed by atoms with Gasteiger partial charge in [0.05, 0.1) is 0 Å². The number of anilines is 1. The smallest absolute Gasteiger partial charge is 0.160 e. The van der Waals surface area contributed by atoms with Crippen molar-refractivity contribution in [1.82, 2.24) is 9.97 Å². The monoisotopic (exact) mass is 263 g/mol. The quantitative estimate of drug-likeness (QED) is 0.905. The van der Waals surface area contributed by atoms with Gasteiger partial charge >= 0.3 is 0 Å². The van der Waals surface area contributed by atoms with Crippen molar-refractivity contribution < 1.29 is 4.74 Å². The zero-order valence-corrected chi connectivity index (χ0v) is 12.3. The van der Waals surface area contributed by atoms with Gasteiger partial charge in [-0.3, -0.25) is 0 Å². The summed E-state index contributed by atoms with van der Waals surface area (Å²) in [6, 6.07) is 0. The Balaban J connectivity index is 2.27. The molecule has 0 aromatic carbocycles.